The second-order valence-corrected chi connectivity index (χ2v) is 7.18. The van der Waals surface area contributed by atoms with Gasteiger partial charge in [0.05, 0.1) is 18.2 Å². The Hall–Kier alpha value is -2.48. The van der Waals surface area contributed by atoms with Crippen molar-refractivity contribution in [2.75, 3.05) is 44.7 Å². The van der Waals surface area contributed by atoms with Gasteiger partial charge in [-0.05, 0) is 37.2 Å². The number of benzene rings is 2. The van der Waals surface area contributed by atoms with E-state index in [1.165, 1.54) is 4.57 Å². The number of rotatable bonds is 6. The van der Waals surface area contributed by atoms with Gasteiger partial charge in [0, 0.05) is 32.7 Å². The third-order valence-electron chi connectivity index (χ3n) is 5.43. The molecule has 9 heteroatoms. The van der Waals surface area contributed by atoms with Gasteiger partial charge in [-0.25, -0.2) is 9.36 Å². The highest BCUT2D eigenvalue weighted by Gasteiger charge is 2.19. The fourth-order valence-electron chi connectivity index (χ4n) is 3.86. The van der Waals surface area contributed by atoms with E-state index in [-0.39, 0.29) is 30.4 Å². The Morgan fingerprint density at radius 3 is 2.32 bits per heavy atom. The van der Waals surface area contributed by atoms with E-state index in [1.54, 1.807) is 31.4 Å². The lowest BCUT2D eigenvalue weighted by atomic mass is 10.2. The van der Waals surface area contributed by atoms with Gasteiger partial charge in [-0.15, -0.1) is 24.8 Å². The molecule has 0 amide bonds. The summed E-state index contributed by atoms with van der Waals surface area (Å²) in [6.45, 7) is 4.88. The van der Waals surface area contributed by atoms with Crippen molar-refractivity contribution < 1.29 is 9.15 Å². The van der Waals surface area contributed by atoms with Crippen LogP contribution in [0.4, 0.5) is 5.69 Å². The van der Waals surface area contributed by atoms with E-state index in [2.05, 4.69) is 15.9 Å². The summed E-state index contributed by atoms with van der Waals surface area (Å²) in [5.41, 5.74) is 1.18. The highest BCUT2D eigenvalue weighted by Crippen LogP contribution is 2.28. The first-order valence-corrected chi connectivity index (χ1v) is 9.90. The van der Waals surface area contributed by atoms with E-state index in [0.29, 0.717) is 17.5 Å². The molecular formula is C22H27Cl2N3O4. The van der Waals surface area contributed by atoms with Crippen molar-refractivity contribution in [3.8, 4) is 5.75 Å². The minimum Gasteiger partial charge on any atom is -0.495 e. The molecule has 1 aromatic heterocycles. The zero-order chi connectivity index (χ0) is 20.2. The molecule has 0 unspecified atom stereocenters. The molecule has 0 aliphatic carbocycles. The van der Waals surface area contributed by atoms with Gasteiger partial charge in [-0.1, -0.05) is 24.3 Å². The van der Waals surface area contributed by atoms with Crippen molar-refractivity contribution in [1.82, 2.24) is 9.47 Å². The average molecular weight is 468 g/mol. The molecule has 7 nitrogen and oxygen atoms in total. The average Bonchev–Trinajstić information content (AvgIpc) is 2.76. The highest BCUT2D eigenvalue weighted by molar-refractivity contribution is 5.85. The van der Waals surface area contributed by atoms with Crippen LogP contribution in [-0.2, 0) is 6.54 Å². The van der Waals surface area contributed by atoms with Crippen molar-refractivity contribution in [2.45, 2.75) is 13.0 Å². The van der Waals surface area contributed by atoms with Crippen LogP contribution in [0.15, 0.2) is 62.5 Å². The van der Waals surface area contributed by atoms with Crippen molar-refractivity contribution in [2.24, 2.45) is 0 Å². The SMILES string of the molecule is COc1ccccc1N1CCN(CCCn2c(=O)oc3ccccc3c2=O)CC1.Cl.Cl. The van der Waals surface area contributed by atoms with Gasteiger partial charge in [-0.2, -0.15) is 0 Å². The summed E-state index contributed by atoms with van der Waals surface area (Å²) in [5, 5.41) is 0.442. The van der Waals surface area contributed by atoms with Gasteiger partial charge in [0.25, 0.3) is 5.56 Å². The summed E-state index contributed by atoms with van der Waals surface area (Å²) in [4.78, 5) is 29.4. The molecule has 1 saturated heterocycles. The summed E-state index contributed by atoms with van der Waals surface area (Å²) < 4.78 is 11.9. The number of ether oxygens (including phenoxy) is 1. The summed E-state index contributed by atoms with van der Waals surface area (Å²) in [5.74, 6) is 0.304. The molecule has 2 aromatic carbocycles. The monoisotopic (exact) mass is 467 g/mol. The Morgan fingerprint density at radius 2 is 1.58 bits per heavy atom. The first kappa shape index (κ1) is 24.8. The molecule has 3 aromatic rings. The summed E-state index contributed by atoms with van der Waals surface area (Å²) in [7, 11) is 1.69. The number of para-hydroxylation sites is 3. The predicted molar refractivity (Wildman–Crippen MR) is 128 cm³/mol. The number of fused-ring (bicyclic) bond motifs is 1. The van der Waals surface area contributed by atoms with Crippen molar-refractivity contribution >= 4 is 41.5 Å². The van der Waals surface area contributed by atoms with Crippen LogP contribution in [-0.4, -0.2) is 49.3 Å². The summed E-state index contributed by atoms with van der Waals surface area (Å²) in [6.07, 6.45) is 0.720. The van der Waals surface area contributed by atoms with Crippen molar-refractivity contribution in [3.63, 3.8) is 0 Å². The largest absolute Gasteiger partial charge is 0.495 e. The maximum atomic E-state index is 12.6. The van der Waals surface area contributed by atoms with E-state index < -0.39 is 5.76 Å². The van der Waals surface area contributed by atoms with Gasteiger partial charge >= 0.3 is 5.76 Å². The molecule has 168 valence electrons. The first-order chi connectivity index (χ1) is 14.2. The lowest BCUT2D eigenvalue weighted by Gasteiger charge is -2.36. The van der Waals surface area contributed by atoms with Crippen LogP contribution in [0.25, 0.3) is 11.0 Å². The standard InChI is InChI=1S/C22H25N3O4.2ClH/c1-28-20-10-5-3-8-18(20)24-15-13-23(14-16-24)11-6-12-25-21(26)17-7-2-4-9-19(17)29-22(25)27;;/h2-5,7-10H,6,11-16H2,1H3;2*1H. The molecule has 2 heterocycles. The number of methoxy groups -OCH3 is 1. The van der Waals surface area contributed by atoms with Crippen LogP contribution in [0.3, 0.4) is 0 Å². The van der Waals surface area contributed by atoms with Gasteiger partial charge < -0.3 is 14.1 Å². The molecule has 0 N–H and O–H groups in total. The van der Waals surface area contributed by atoms with E-state index >= 15 is 0 Å². The minimum atomic E-state index is -0.588. The van der Waals surface area contributed by atoms with Crippen LogP contribution < -0.4 is 21.0 Å². The molecule has 0 radical (unpaired) electrons. The van der Waals surface area contributed by atoms with Crippen molar-refractivity contribution in [3.05, 3.63) is 69.4 Å². The van der Waals surface area contributed by atoms with E-state index in [0.717, 1.165) is 50.6 Å². The van der Waals surface area contributed by atoms with Crippen LogP contribution in [0.5, 0.6) is 5.75 Å². The fourth-order valence-corrected chi connectivity index (χ4v) is 3.86. The van der Waals surface area contributed by atoms with Gasteiger partial charge in [-0.3, -0.25) is 9.69 Å². The molecular weight excluding hydrogens is 441 g/mol. The minimum absolute atomic E-state index is 0. The van der Waals surface area contributed by atoms with Gasteiger partial charge in [0.15, 0.2) is 0 Å². The first-order valence-electron chi connectivity index (χ1n) is 9.90. The van der Waals surface area contributed by atoms with E-state index in [4.69, 9.17) is 9.15 Å². The number of hydrogen-bond donors (Lipinski definition) is 0. The van der Waals surface area contributed by atoms with Gasteiger partial charge in [0.1, 0.15) is 11.3 Å². The third-order valence-corrected chi connectivity index (χ3v) is 5.43. The quantitative estimate of drug-likeness (QED) is 0.554. The Bertz CT molecular complexity index is 1110. The van der Waals surface area contributed by atoms with Crippen LogP contribution >= 0.6 is 24.8 Å². The summed E-state index contributed by atoms with van der Waals surface area (Å²) in [6, 6.07) is 14.9. The number of piperazine rings is 1. The lowest BCUT2D eigenvalue weighted by molar-refractivity contribution is 0.247. The molecule has 0 saturated carbocycles. The number of aromatic nitrogens is 1. The molecule has 0 spiro atoms. The molecule has 1 aliphatic rings. The maximum Gasteiger partial charge on any atom is 0.422 e. The number of halogens is 2. The second kappa shape index (κ2) is 11.2. The number of nitrogens with zero attached hydrogens (tertiary/aromatic N) is 3. The predicted octanol–water partition coefficient (Wildman–Crippen LogP) is 3.02. The molecule has 1 aliphatic heterocycles. The topological polar surface area (TPSA) is 67.9 Å². The Morgan fingerprint density at radius 1 is 0.903 bits per heavy atom. The number of anilines is 1. The van der Waals surface area contributed by atoms with Crippen LogP contribution in [0.1, 0.15) is 6.42 Å². The number of hydrogen-bond acceptors (Lipinski definition) is 6. The van der Waals surface area contributed by atoms with Gasteiger partial charge in [0.2, 0.25) is 0 Å². The highest BCUT2D eigenvalue weighted by atomic mass is 35.5. The van der Waals surface area contributed by atoms with Crippen LogP contribution in [0.2, 0.25) is 0 Å². The summed E-state index contributed by atoms with van der Waals surface area (Å²) >= 11 is 0. The fraction of sp³-hybridized carbons (Fsp3) is 0.364. The smallest absolute Gasteiger partial charge is 0.422 e. The Kier molecular flexibility index (Phi) is 8.98. The van der Waals surface area contributed by atoms with Crippen molar-refractivity contribution in [1.29, 1.82) is 0 Å². The zero-order valence-electron chi connectivity index (χ0n) is 17.4. The Labute approximate surface area is 193 Å². The molecule has 4 rings (SSSR count). The molecule has 0 bridgehead atoms. The maximum absolute atomic E-state index is 12.6. The second-order valence-electron chi connectivity index (χ2n) is 7.18. The lowest BCUT2D eigenvalue weighted by Crippen LogP contribution is -2.47. The Balaban J connectivity index is 0.00000171. The molecule has 0 atom stereocenters. The molecule has 1 fully saturated rings. The molecule has 31 heavy (non-hydrogen) atoms. The van der Waals surface area contributed by atoms with E-state index in [9.17, 15) is 9.59 Å². The third kappa shape index (κ3) is 5.42. The normalized spacial score (nSPS) is 14.0. The van der Waals surface area contributed by atoms with E-state index in [1.807, 2.05) is 18.2 Å². The van der Waals surface area contributed by atoms with Crippen LogP contribution in [0, 0.1) is 0 Å². The zero-order valence-corrected chi connectivity index (χ0v) is 19.0.